The van der Waals surface area contributed by atoms with Gasteiger partial charge in [-0.2, -0.15) is 4.98 Å². The first-order chi connectivity index (χ1) is 9.31. The minimum atomic E-state index is -0.0457. The van der Waals surface area contributed by atoms with E-state index in [-0.39, 0.29) is 10.6 Å². The van der Waals surface area contributed by atoms with Crippen LogP contribution >= 0.6 is 22.9 Å². The summed E-state index contributed by atoms with van der Waals surface area (Å²) >= 11 is 7.00. The van der Waals surface area contributed by atoms with Crippen LogP contribution in [0.4, 0.5) is 0 Å². The number of nitrogens with zero attached hydrogens (tertiary/aromatic N) is 1. The van der Waals surface area contributed by atoms with E-state index in [0.717, 1.165) is 22.6 Å². The van der Waals surface area contributed by atoms with Crippen molar-refractivity contribution in [1.29, 1.82) is 0 Å². The smallest absolute Gasteiger partial charge is 0.280 e. The van der Waals surface area contributed by atoms with Gasteiger partial charge in [-0.15, -0.1) is 0 Å². The van der Waals surface area contributed by atoms with Crippen LogP contribution < -0.4 is 4.74 Å². The zero-order valence-corrected chi connectivity index (χ0v) is 13.4. The molecule has 0 unspecified atom stereocenters. The molecule has 1 aromatic heterocycles. The molecule has 106 valence electrons. The zero-order chi connectivity index (χ0) is 14.9. The van der Waals surface area contributed by atoms with E-state index in [2.05, 4.69) is 31.8 Å². The van der Waals surface area contributed by atoms with Crippen LogP contribution in [-0.2, 0) is 5.41 Å². The number of hydrogen-bond donors (Lipinski definition) is 0. The van der Waals surface area contributed by atoms with Gasteiger partial charge in [0, 0.05) is 5.56 Å². The van der Waals surface area contributed by atoms with Crippen LogP contribution in [-0.4, -0.2) is 11.3 Å². The summed E-state index contributed by atoms with van der Waals surface area (Å²) in [7, 11) is 0. The van der Waals surface area contributed by atoms with Crippen LogP contribution in [0.3, 0.4) is 0 Å². The van der Waals surface area contributed by atoms with E-state index >= 15 is 0 Å². The van der Waals surface area contributed by atoms with E-state index in [1.165, 1.54) is 5.56 Å². The van der Waals surface area contributed by atoms with E-state index in [4.69, 9.17) is 16.3 Å². The summed E-state index contributed by atoms with van der Waals surface area (Å²) in [5.74, 6) is 0.742. The quantitative estimate of drug-likeness (QED) is 0.748. The maximum absolute atomic E-state index is 10.8. The van der Waals surface area contributed by atoms with E-state index in [1.807, 2.05) is 19.1 Å². The van der Waals surface area contributed by atoms with Gasteiger partial charge in [0.2, 0.25) is 0 Å². The summed E-state index contributed by atoms with van der Waals surface area (Å²) in [6.07, 6.45) is 0.687. The molecule has 1 heterocycles. The number of halogens is 1. The third-order valence-corrected chi connectivity index (χ3v) is 4.10. The highest BCUT2D eigenvalue weighted by Gasteiger charge is 2.20. The van der Waals surface area contributed by atoms with E-state index in [1.54, 1.807) is 0 Å². The Balaban J connectivity index is 2.40. The topological polar surface area (TPSA) is 39.2 Å². The van der Waals surface area contributed by atoms with Gasteiger partial charge in [0.25, 0.3) is 5.19 Å². The Hall–Kier alpha value is -1.39. The molecule has 2 aromatic rings. The molecule has 0 amide bonds. The van der Waals surface area contributed by atoms with Crippen molar-refractivity contribution in [3.63, 3.8) is 0 Å². The second-order valence-corrected chi connectivity index (χ2v) is 6.96. The Morgan fingerprint density at radius 3 is 2.60 bits per heavy atom. The molecule has 3 nitrogen and oxygen atoms in total. The van der Waals surface area contributed by atoms with E-state index in [0.29, 0.717) is 16.4 Å². The monoisotopic (exact) mass is 309 g/mol. The minimum Gasteiger partial charge on any atom is -0.431 e. The average molecular weight is 310 g/mol. The first kappa shape index (κ1) is 15.0. The standard InChI is InChI=1S/C15H16ClNO2S/c1-9-5-6-11(10(7-9)15(2,3)4)19-14-17-13(16)12(8-18)20-14/h5-8H,1-4H3. The predicted molar refractivity (Wildman–Crippen MR) is 82.5 cm³/mol. The summed E-state index contributed by atoms with van der Waals surface area (Å²) < 4.78 is 5.82. The number of benzene rings is 1. The van der Waals surface area contributed by atoms with Crippen molar-refractivity contribution in [1.82, 2.24) is 4.98 Å². The molecule has 2 rings (SSSR count). The highest BCUT2D eigenvalue weighted by molar-refractivity contribution is 7.15. The summed E-state index contributed by atoms with van der Waals surface area (Å²) in [6, 6.07) is 6.01. The number of thiazole rings is 1. The molecular weight excluding hydrogens is 294 g/mol. The number of hydrogen-bond acceptors (Lipinski definition) is 4. The second-order valence-electron chi connectivity index (χ2n) is 5.60. The number of aldehydes is 1. The molecule has 0 spiro atoms. The molecule has 0 saturated carbocycles. The van der Waals surface area contributed by atoms with Gasteiger partial charge < -0.3 is 4.74 Å². The molecule has 0 radical (unpaired) electrons. The van der Waals surface area contributed by atoms with Gasteiger partial charge in [-0.05, 0) is 18.4 Å². The fraction of sp³-hybridized carbons (Fsp3) is 0.333. The van der Waals surface area contributed by atoms with Crippen LogP contribution in [0.15, 0.2) is 18.2 Å². The van der Waals surface area contributed by atoms with Crippen LogP contribution in [0.2, 0.25) is 5.15 Å². The molecule has 5 heteroatoms. The van der Waals surface area contributed by atoms with Gasteiger partial charge in [0.15, 0.2) is 11.4 Å². The molecule has 0 bridgehead atoms. The molecule has 1 aromatic carbocycles. The molecule has 0 N–H and O–H groups in total. The Morgan fingerprint density at radius 1 is 1.35 bits per heavy atom. The summed E-state index contributed by atoms with van der Waals surface area (Å²) in [4.78, 5) is 15.2. The maximum Gasteiger partial charge on any atom is 0.280 e. The molecular formula is C15H16ClNO2S. The fourth-order valence-corrected chi connectivity index (χ4v) is 2.75. The van der Waals surface area contributed by atoms with Crippen LogP contribution in [0.5, 0.6) is 10.9 Å². The highest BCUT2D eigenvalue weighted by atomic mass is 35.5. The Morgan fingerprint density at radius 2 is 2.05 bits per heavy atom. The normalized spacial score (nSPS) is 11.4. The number of rotatable bonds is 3. The first-order valence-electron chi connectivity index (χ1n) is 6.22. The lowest BCUT2D eigenvalue weighted by Gasteiger charge is -2.22. The van der Waals surface area contributed by atoms with Crippen LogP contribution in [0.1, 0.15) is 41.6 Å². The van der Waals surface area contributed by atoms with Crippen molar-refractivity contribution in [2.24, 2.45) is 0 Å². The SMILES string of the molecule is Cc1ccc(Oc2nc(Cl)c(C=O)s2)c(C(C)(C)C)c1. The third-order valence-electron chi connectivity index (χ3n) is 2.84. The largest absolute Gasteiger partial charge is 0.431 e. The highest BCUT2D eigenvalue weighted by Crippen LogP contribution is 2.37. The third kappa shape index (κ3) is 3.19. The molecule has 20 heavy (non-hydrogen) atoms. The summed E-state index contributed by atoms with van der Waals surface area (Å²) in [5.41, 5.74) is 2.22. The molecule has 0 atom stereocenters. The lowest BCUT2D eigenvalue weighted by atomic mass is 9.85. The zero-order valence-electron chi connectivity index (χ0n) is 11.9. The number of carbonyl (C=O) groups excluding carboxylic acids is 1. The van der Waals surface area contributed by atoms with E-state index in [9.17, 15) is 4.79 Å². The lowest BCUT2D eigenvalue weighted by molar-refractivity contribution is 0.112. The van der Waals surface area contributed by atoms with Crippen LogP contribution in [0.25, 0.3) is 0 Å². The second kappa shape index (κ2) is 5.54. The van der Waals surface area contributed by atoms with Crippen molar-refractivity contribution >= 4 is 29.2 Å². The lowest BCUT2D eigenvalue weighted by Crippen LogP contribution is -2.12. The first-order valence-corrected chi connectivity index (χ1v) is 7.41. The molecule has 0 fully saturated rings. The Labute approximate surface area is 127 Å². The van der Waals surface area contributed by atoms with Crippen molar-refractivity contribution in [2.45, 2.75) is 33.1 Å². The molecule has 0 saturated heterocycles. The Bertz CT molecular complexity index is 644. The summed E-state index contributed by atoms with van der Waals surface area (Å²) in [5, 5.41) is 0.566. The van der Waals surface area contributed by atoms with Crippen LogP contribution in [0, 0.1) is 6.92 Å². The number of carbonyl (C=O) groups is 1. The summed E-state index contributed by atoms with van der Waals surface area (Å²) in [6.45, 7) is 8.42. The van der Waals surface area contributed by atoms with Crippen molar-refractivity contribution in [3.05, 3.63) is 39.4 Å². The molecule has 0 aliphatic rings. The number of aryl methyl sites for hydroxylation is 1. The van der Waals surface area contributed by atoms with Gasteiger partial charge in [-0.3, -0.25) is 4.79 Å². The van der Waals surface area contributed by atoms with Gasteiger partial charge in [0.05, 0.1) is 0 Å². The maximum atomic E-state index is 10.8. The average Bonchev–Trinajstić information content (AvgIpc) is 2.70. The van der Waals surface area contributed by atoms with Crippen molar-refractivity contribution < 1.29 is 9.53 Å². The Kier molecular flexibility index (Phi) is 4.16. The predicted octanol–water partition coefficient (Wildman–Crippen LogP) is 5.01. The van der Waals surface area contributed by atoms with E-state index < -0.39 is 0 Å². The van der Waals surface area contributed by atoms with Crippen molar-refractivity contribution in [2.75, 3.05) is 0 Å². The van der Waals surface area contributed by atoms with Gasteiger partial charge in [0.1, 0.15) is 10.6 Å². The molecule has 0 aliphatic heterocycles. The number of ether oxygens (including phenoxy) is 1. The molecule has 0 aliphatic carbocycles. The fourth-order valence-electron chi connectivity index (χ4n) is 1.82. The minimum absolute atomic E-state index is 0.0457. The van der Waals surface area contributed by atoms with Gasteiger partial charge in [-0.1, -0.05) is 61.4 Å². The van der Waals surface area contributed by atoms with Gasteiger partial charge >= 0.3 is 0 Å². The number of aromatic nitrogens is 1. The van der Waals surface area contributed by atoms with Gasteiger partial charge in [-0.25, -0.2) is 0 Å². The van der Waals surface area contributed by atoms with Crippen molar-refractivity contribution in [3.8, 4) is 10.9 Å².